The molecule has 0 bridgehead atoms. The number of primary amides is 1. The van der Waals surface area contributed by atoms with Crippen molar-refractivity contribution in [2.24, 2.45) is 5.73 Å². The Hall–Kier alpha value is -2.57. The standard InChI is InChI=1S/C15H14F2N4O/c16-10-2-1-3-11(17)14(10)9-6-7-21(8-9)13-5-4-12(15(18)22)19-20-13/h1-5,9H,6-8H2,(H2,18,22). The van der Waals surface area contributed by atoms with E-state index in [4.69, 9.17) is 5.73 Å². The van der Waals surface area contributed by atoms with Crippen molar-refractivity contribution in [1.29, 1.82) is 0 Å². The van der Waals surface area contributed by atoms with E-state index < -0.39 is 17.5 Å². The number of nitrogens with two attached hydrogens (primary N) is 1. The van der Waals surface area contributed by atoms with Crippen LogP contribution in [0.2, 0.25) is 0 Å². The summed E-state index contributed by atoms with van der Waals surface area (Å²) in [5.74, 6) is -1.38. The Balaban J connectivity index is 1.79. The van der Waals surface area contributed by atoms with Crippen molar-refractivity contribution in [2.75, 3.05) is 18.0 Å². The van der Waals surface area contributed by atoms with E-state index in [0.29, 0.717) is 25.3 Å². The van der Waals surface area contributed by atoms with Gasteiger partial charge in [-0.3, -0.25) is 4.79 Å². The first-order valence-corrected chi connectivity index (χ1v) is 6.88. The van der Waals surface area contributed by atoms with Crippen molar-refractivity contribution in [3.63, 3.8) is 0 Å². The molecule has 22 heavy (non-hydrogen) atoms. The minimum absolute atomic E-state index is 0.0830. The van der Waals surface area contributed by atoms with Gasteiger partial charge in [-0.05, 0) is 30.7 Å². The fraction of sp³-hybridized carbons (Fsp3) is 0.267. The Kier molecular flexibility index (Phi) is 3.70. The number of rotatable bonds is 3. The SMILES string of the molecule is NC(=O)c1ccc(N2CCC(c3c(F)cccc3F)C2)nn1. The van der Waals surface area contributed by atoms with Gasteiger partial charge in [0, 0.05) is 24.6 Å². The topological polar surface area (TPSA) is 72.1 Å². The second kappa shape index (κ2) is 5.67. The Morgan fingerprint density at radius 1 is 1.18 bits per heavy atom. The van der Waals surface area contributed by atoms with E-state index in [0.717, 1.165) is 0 Å². The van der Waals surface area contributed by atoms with Crippen LogP contribution in [0.5, 0.6) is 0 Å². The number of anilines is 1. The van der Waals surface area contributed by atoms with Gasteiger partial charge in [-0.25, -0.2) is 8.78 Å². The maximum Gasteiger partial charge on any atom is 0.269 e. The number of hydrogen-bond donors (Lipinski definition) is 1. The molecule has 1 fully saturated rings. The first-order valence-electron chi connectivity index (χ1n) is 6.88. The number of carbonyl (C=O) groups excluding carboxylic acids is 1. The lowest BCUT2D eigenvalue weighted by Crippen LogP contribution is -2.22. The molecular formula is C15H14F2N4O. The lowest BCUT2D eigenvalue weighted by atomic mass is 9.97. The zero-order chi connectivity index (χ0) is 15.7. The van der Waals surface area contributed by atoms with Crippen LogP contribution in [-0.4, -0.2) is 29.2 Å². The third kappa shape index (κ3) is 2.61. The Bertz CT molecular complexity index is 685. The van der Waals surface area contributed by atoms with E-state index in [-0.39, 0.29) is 17.2 Å². The van der Waals surface area contributed by atoms with Gasteiger partial charge in [-0.2, -0.15) is 0 Å². The smallest absolute Gasteiger partial charge is 0.269 e. The highest BCUT2D eigenvalue weighted by Gasteiger charge is 2.29. The number of hydrogen-bond acceptors (Lipinski definition) is 4. The van der Waals surface area contributed by atoms with Crippen molar-refractivity contribution in [3.8, 4) is 0 Å². The number of aromatic nitrogens is 2. The largest absolute Gasteiger partial charge is 0.364 e. The zero-order valence-corrected chi connectivity index (χ0v) is 11.7. The summed E-state index contributed by atoms with van der Waals surface area (Å²) in [4.78, 5) is 12.9. The van der Waals surface area contributed by atoms with Gasteiger partial charge in [0.05, 0.1) is 0 Å². The molecule has 1 saturated heterocycles. The molecule has 1 amide bonds. The molecule has 7 heteroatoms. The van der Waals surface area contributed by atoms with Crippen LogP contribution < -0.4 is 10.6 Å². The molecule has 1 atom stereocenters. The van der Waals surface area contributed by atoms with Crippen molar-refractivity contribution in [1.82, 2.24) is 10.2 Å². The van der Waals surface area contributed by atoms with E-state index in [2.05, 4.69) is 10.2 Å². The second-order valence-electron chi connectivity index (χ2n) is 5.21. The van der Waals surface area contributed by atoms with E-state index in [9.17, 15) is 13.6 Å². The van der Waals surface area contributed by atoms with Crippen molar-refractivity contribution in [3.05, 3.63) is 53.2 Å². The molecule has 114 valence electrons. The van der Waals surface area contributed by atoms with Crippen molar-refractivity contribution in [2.45, 2.75) is 12.3 Å². The molecule has 1 aromatic carbocycles. The zero-order valence-electron chi connectivity index (χ0n) is 11.7. The molecule has 2 heterocycles. The van der Waals surface area contributed by atoms with Crippen LogP contribution in [-0.2, 0) is 0 Å². The van der Waals surface area contributed by atoms with Crippen LogP contribution >= 0.6 is 0 Å². The molecule has 3 rings (SSSR count). The van der Waals surface area contributed by atoms with Crippen molar-refractivity contribution < 1.29 is 13.6 Å². The summed E-state index contributed by atoms with van der Waals surface area (Å²) < 4.78 is 27.7. The molecule has 1 unspecified atom stereocenters. The van der Waals surface area contributed by atoms with E-state index >= 15 is 0 Å². The summed E-state index contributed by atoms with van der Waals surface area (Å²) in [6.45, 7) is 1.06. The maximum absolute atomic E-state index is 13.8. The summed E-state index contributed by atoms with van der Waals surface area (Å²) in [5, 5.41) is 7.68. The normalized spacial score (nSPS) is 17.7. The predicted molar refractivity (Wildman–Crippen MR) is 76.5 cm³/mol. The van der Waals surface area contributed by atoms with Gasteiger partial charge in [0.25, 0.3) is 5.91 Å². The average Bonchev–Trinajstić information content (AvgIpc) is 2.97. The summed E-state index contributed by atoms with van der Waals surface area (Å²) in [6.07, 6.45) is 0.622. The second-order valence-corrected chi connectivity index (χ2v) is 5.21. The van der Waals surface area contributed by atoms with Gasteiger partial charge in [-0.1, -0.05) is 6.07 Å². The molecule has 2 aromatic rings. The first kappa shape index (κ1) is 14.4. The van der Waals surface area contributed by atoms with Gasteiger partial charge in [-0.15, -0.1) is 10.2 Å². The van der Waals surface area contributed by atoms with Gasteiger partial charge in [0.1, 0.15) is 11.6 Å². The third-order valence-electron chi connectivity index (χ3n) is 3.82. The number of carbonyl (C=O) groups is 1. The number of amides is 1. The maximum atomic E-state index is 13.8. The average molecular weight is 304 g/mol. The molecule has 1 aromatic heterocycles. The first-order chi connectivity index (χ1) is 10.6. The molecule has 0 spiro atoms. The van der Waals surface area contributed by atoms with Crippen LogP contribution in [0.1, 0.15) is 28.4 Å². The van der Waals surface area contributed by atoms with E-state index in [1.165, 1.54) is 24.3 Å². The minimum Gasteiger partial charge on any atom is -0.364 e. The summed E-state index contributed by atoms with van der Waals surface area (Å²) >= 11 is 0. The Morgan fingerprint density at radius 2 is 1.91 bits per heavy atom. The molecule has 0 aliphatic carbocycles. The van der Waals surface area contributed by atoms with Crippen LogP contribution in [0, 0.1) is 11.6 Å². The highest BCUT2D eigenvalue weighted by Crippen LogP contribution is 2.32. The number of halogens is 2. The monoisotopic (exact) mass is 304 g/mol. The quantitative estimate of drug-likeness (QED) is 0.939. The Labute approximate surface area is 125 Å². The summed E-state index contributed by atoms with van der Waals surface area (Å²) in [7, 11) is 0. The molecule has 5 nitrogen and oxygen atoms in total. The molecule has 0 radical (unpaired) electrons. The fourth-order valence-corrected chi connectivity index (χ4v) is 2.73. The van der Waals surface area contributed by atoms with E-state index in [1.54, 1.807) is 6.07 Å². The third-order valence-corrected chi connectivity index (χ3v) is 3.82. The molecule has 1 aliphatic heterocycles. The van der Waals surface area contributed by atoms with Crippen LogP contribution in [0.15, 0.2) is 30.3 Å². The summed E-state index contributed by atoms with van der Waals surface area (Å²) in [5.41, 5.74) is 5.31. The molecule has 0 saturated carbocycles. The lowest BCUT2D eigenvalue weighted by molar-refractivity contribution is 0.0994. The molecule has 2 N–H and O–H groups in total. The highest BCUT2D eigenvalue weighted by atomic mass is 19.1. The molecule has 1 aliphatic rings. The minimum atomic E-state index is -0.647. The van der Waals surface area contributed by atoms with Gasteiger partial charge in [0.2, 0.25) is 0 Å². The van der Waals surface area contributed by atoms with Gasteiger partial charge < -0.3 is 10.6 Å². The predicted octanol–water partition coefficient (Wildman–Crippen LogP) is 1.85. The number of benzene rings is 1. The summed E-state index contributed by atoms with van der Waals surface area (Å²) in [6, 6.07) is 7.01. The van der Waals surface area contributed by atoms with Crippen molar-refractivity contribution >= 4 is 11.7 Å². The van der Waals surface area contributed by atoms with Gasteiger partial charge in [0.15, 0.2) is 11.5 Å². The van der Waals surface area contributed by atoms with Gasteiger partial charge >= 0.3 is 0 Å². The van der Waals surface area contributed by atoms with Crippen LogP contribution in [0.3, 0.4) is 0 Å². The highest BCUT2D eigenvalue weighted by molar-refractivity contribution is 5.90. The van der Waals surface area contributed by atoms with Crippen LogP contribution in [0.25, 0.3) is 0 Å². The lowest BCUT2D eigenvalue weighted by Gasteiger charge is -2.17. The Morgan fingerprint density at radius 3 is 2.50 bits per heavy atom. The van der Waals surface area contributed by atoms with E-state index in [1.807, 2.05) is 4.90 Å². The fourth-order valence-electron chi connectivity index (χ4n) is 2.73. The molecular weight excluding hydrogens is 290 g/mol. The number of nitrogens with zero attached hydrogens (tertiary/aromatic N) is 3. The van der Waals surface area contributed by atoms with Crippen LogP contribution in [0.4, 0.5) is 14.6 Å².